The predicted molar refractivity (Wildman–Crippen MR) is 84.3 cm³/mol. The molecule has 0 saturated heterocycles. The first-order chi connectivity index (χ1) is 9.56. The number of halogens is 1. The van der Waals surface area contributed by atoms with Crippen molar-refractivity contribution in [2.24, 2.45) is 0 Å². The molecule has 1 aliphatic heterocycles. The van der Waals surface area contributed by atoms with Crippen LogP contribution in [0, 0.1) is 0 Å². The Morgan fingerprint density at radius 1 is 1.30 bits per heavy atom. The van der Waals surface area contributed by atoms with E-state index in [4.69, 9.17) is 0 Å². The maximum absolute atomic E-state index is 11.7. The van der Waals surface area contributed by atoms with E-state index < -0.39 is 6.10 Å². The fraction of sp³-hybridized carbons (Fsp3) is 0.267. The van der Waals surface area contributed by atoms with Crippen LogP contribution in [0.3, 0.4) is 0 Å². The number of aryl methyl sites for hydroxylation is 1. The molecule has 3 nitrogen and oxygen atoms in total. The van der Waals surface area contributed by atoms with Gasteiger partial charge in [0.2, 0.25) is 5.91 Å². The molecule has 1 atom stereocenters. The molecule has 20 heavy (non-hydrogen) atoms. The van der Waals surface area contributed by atoms with E-state index in [1.807, 2.05) is 29.6 Å². The number of carbonyl (C=O) groups is 1. The van der Waals surface area contributed by atoms with Crippen molar-refractivity contribution >= 4 is 38.9 Å². The maximum atomic E-state index is 11.7. The van der Waals surface area contributed by atoms with Crippen molar-refractivity contribution < 1.29 is 9.90 Å². The second-order valence-corrected chi connectivity index (χ2v) is 7.22. The third-order valence-electron chi connectivity index (χ3n) is 3.67. The first-order valence-electron chi connectivity index (χ1n) is 6.37. The van der Waals surface area contributed by atoms with E-state index in [9.17, 15) is 9.90 Å². The van der Waals surface area contributed by atoms with Gasteiger partial charge in [-0.25, -0.2) is 0 Å². The molecule has 5 heteroatoms. The van der Waals surface area contributed by atoms with Crippen LogP contribution in [0.25, 0.3) is 0 Å². The lowest BCUT2D eigenvalue weighted by molar-refractivity contribution is -0.118. The van der Waals surface area contributed by atoms with E-state index in [-0.39, 0.29) is 5.91 Å². The summed E-state index contributed by atoms with van der Waals surface area (Å²) in [7, 11) is 1.80. The second kappa shape index (κ2) is 5.31. The summed E-state index contributed by atoms with van der Waals surface area (Å²) >= 11 is 4.97. The van der Waals surface area contributed by atoms with E-state index in [2.05, 4.69) is 15.9 Å². The SMILES string of the molecule is CN1C(=O)CCc2cc(C(O)c3csc(Br)c3)ccc21. The highest BCUT2D eigenvalue weighted by atomic mass is 79.9. The standard InChI is InChI=1S/C15H14BrNO2S/c1-17-12-4-2-10(6-9(12)3-5-14(17)18)15(19)11-7-13(16)20-8-11/h2,4,6-8,15,19H,3,5H2,1H3. The lowest BCUT2D eigenvalue weighted by Gasteiger charge is -2.26. The van der Waals surface area contributed by atoms with Crippen molar-refractivity contribution in [1.82, 2.24) is 0 Å². The summed E-state index contributed by atoms with van der Waals surface area (Å²) < 4.78 is 1.01. The van der Waals surface area contributed by atoms with Crippen LogP contribution in [0.1, 0.15) is 29.2 Å². The number of thiophene rings is 1. The second-order valence-electron chi connectivity index (χ2n) is 4.93. The van der Waals surface area contributed by atoms with Crippen LogP contribution in [-0.2, 0) is 11.2 Å². The largest absolute Gasteiger partial charge is 0.384 e. The zero-order valence-corrected chi connectivity index (χ0v) is 13.4. The van der Waals surface area contributed by atoms with Gasteiger partial charge in [0.15, 0.2) is 0 Å². The van der Waals surface area contributed by atoms with Crippen molar-refractivity contribution in [2.75, 3.05) is 11.9 Å². The molecule has 2 aromatic rings. The minimum absolute atomic E-state index is 0.146. The van der Waals surface area contributed by atoms with Crippen LogP contribution in [0.15, 0.2) is 33.4 Å². The highest BCUT2D eigenvalue weighted by Gasteiger charge is 2.22. The van der Waals surface area contributed by atoms with E-state index >= 15 is 0 Å². The quantitative estimate of drug-likeness (QED) is 0.899. The summed E-state index contributed by atoms with van der Waals surface area (Å²) in [5.74, 6) is 0.146. The molecule has 104 valence electrons. The number of benzene rings is 1. The average molecular weight is 352 g/mol. The summed E-state index contributed by atoms with van der Waals surface area (Å²) in [6.45, 7) is 0. The molecule has 0 aliphatic carbocycles. The van der Waals surface area contributed by atoms with Gasteiger partial charge in [0.1, 0.15) is 6.10 Å². The number of carbonyl (C=O) groups excluding carboxylic acids is 1. The van der Waals surface area contributed by atoms with Crippen LogP contribution in [0.5, 0.6) is 0 Å². The van der Waals surface area contributed by atoms with Crippen molar-refractivity contribution in [3.63, 3.8) is 0 Å². The van der Waals surface area contributed by atoms with Gasteiger partial charge in [-0.3, -0.25) is 4.79 Å². The van der Waals surface area contributed by atoms with Crippen LogP contribution >= 0.6 is 27.3 Å². The van der Waals surface area contributed by atoms with Crippen molar-refractivity contribution in [1.29, 1.82) is 0 Å². The zero-order chi connectivity index (χ0) is 14.3. The molecule has 0 bridgehead atoms. The Morgan fingerprint density at radius 2 is 2.10 bits per heavy atom. The topological polar surface area (TPSA) is 40.5 Å². The van der Waals surface area contributed by atoms with Crippen molar-refractivity contribution in [3.05, 3.63) is 50.1 Å². The van der Waals surface area contributed by atoms with Gasteiger partial charge in [-0.15, -0.1) is 11.3 Å². The molecule has 1 unspecified atom stereocenters. The Hall–Kier alpha value is -1.17. The number of rotatable bonds is 2. The summed E-state index contributed by atoms with van der Waals surface area (Å²) in [4.78, 5) is 13.4. The number of aliphatic hydroxyl groups is 1. The monoisotopic (exact) mass is 351 g/mol. The van der Waals surface area contributed by atoms with Crippen LogP contribution in [-0.4, -0.2) is 18.1 Å². The molecule has 1 aromatic carbocycles. The van der Waals surface area contributed by atoms with Gasteiger partial charge in [-0.1, -0.05) is 12.1 Å². The lowest BCUT2D eigenvalue weighted by atomic mass is 9.95. The molecule has 0 saturated carbocycles. The number of fused-ring (bicyclic) bond motifs is 1. The van der Waals surface area contributed by atoms with Gasteiger partial charge in [0.25, 0.3) is 0 Å². The molecule has 1 aromatic heterocycles. The van der Waals surface area contributed by atoms with Crippen LogP contribution in [0.4, 0.5) is 5.69 Å². The highest BCUT2D eigenvalue weighted by molar-refractivity contribution is 9.11. The summed E-state index contributed by atoms with van der Waals surface area (Å²) in [5, 5.41) is 12.4. The average Bonchev–Trinajstić information content (AvgIpc) is 2.88. The maximum Gasteiger partial charge on any atom is 0.227 e. The van der Waals surface area contributed by atoms with Gasteiger partial charge >= 0.3 is 0 Å². The molecule has 1 amide bonds. The Morgan fingerprint density at radius 3 is 2.80 bits per heavy atom. The van der Waals surface area contributed by atoms with Gasteiger partial charge < -0.3 is 10.0 Å². The number of hydrogen-bond donors (Lipinski definition) is 1. The molecule has 0 fully saturated rings. The Kier molecular flexibility index (Phi) is 3.67. The fourth-order valence-corrected chi connectivity index (χ4v) is 3.70. The minimum atomic E-state index is -0.620. The zero-order valence-electron chi connectivity index (χ0n) is 11.0. The normalized spacial score (nSPS) is 16.1. The van der Waals surface area contributed by atoms with Crippen molar-refractivity contribution in [3.8, 4) is 0 Å². The van der Waals surface area contributed by atoms with Gasteiger partial charge in [-0.2, -0.15) is 0 Å². The van der Waals surface area contributed by atoms with E-state index in [0.29, 0.717) is 6.42 Å². The van der Waals surface area contributed by atoms with Gasteiger partial charge in [0, 0.05) is 19.2 Å². The van der Waals surface area contributed by atoms with Gasteiger partial charge in [-0.05, 0) is 56.6 Å². The van der Waals surface area contributed by atoms with E-state index in [0.717, 1.165) is 32.6 Å². The number of anilines is 1. The molecule has 2 heterocycles. The highest BCUT2D eigenvalue weighted by Crippen LogP contribution is 2.33. The third-order valence-corrected chi connectivity index (χ3v) is 5.19. The molecule has 1 N–H and O–H groups in total. The smallest absolute Gasteiger partial charge is 0.227 e. The lowest BCUT2D eigenvalue weighted by Crippen LogP contribution is -2.31. The van der Waals surface area contributed by atoms with Crippen LogP contribution in [0.2, 0.25) is 0 Å². The predicted octanol–water partition coefficient (Wildman–Crippen LogP) is 3.50. The fourth-order valence-electron chi connectivity index (χ4n) is 2.51. The first kappa shape index (κ1) is 13.8. The van der Waals surface area contributed by atoms with Crippen LogP contribution < -0.4 is 4.90 Å². The van der Waals surface area contributed by atoms with Gasteiger partial charge in [0.05, 0.1) is 3.79 Å². The van der Waals surface area contributed by atoms with Crippen molar-refractivity contribution in [2.45, 2.75) is 18.9 Å². The molecule has 3 rings (SSSR count). The molecular formula is C15H14BrNO2S. The van der Waals surface area contributed by atoms with E-state index in [1.165, 1.54) is 0 Å². The molecule has 0 spiro atoms. The number of aliphatic hydroxyl groups excluding tert-OH is 1. The Labute approximate surface area is 130 Å². The number of amides is 1. The third kappa shape index (κ3) is 2.41. The minimum Gasteiger partial charge on any atom is -0.384 e. The molecular weight excluding hydrogens is 338 g/mol. The number of hydrogen-bond acceptors (Lipinski definition) is 3. The first-order valence-corrected chi connectivity index (χ1v) is 8.05. The molecule has 0 radical (unpaired) electrons. The van der Waals surface area contributed by atoms with E-state index in [1.54, 1.807) is 23.3 Å². The molecule has 1 aliphatic rings. The Bertz CT molecular complexity index is 668. The summed E-state index contributed by atoms with van der Waals surface area (Å²) in [6.07, 6.45) is 0.658. The Balaban J connectivity index is 1.95. The summed E-state index contributed by atoms with van der Waals surface area (Å²) in [6, 6.07) is 7.76. The number of nitrogens with zero attached hydrogens (tertiary/aromatic N) is 1. The summed E-state index contributed by atoms with van der Waals surface area (Å²) in [5.41, 5.74) is 3.83.